The average molecular weight is 277 g/mol. The first-order chi connectivity index (χ1) is 9.58. The third kappa shape index (κ3) is 2.92. The van der Waals surface area contributed by atoms with E-state index in [1.807, 2.05) is 31.2 Å². The molecule has 0 radical (unpaired) electrons. The summed E-state index contributed by atoms with van der Waals surface area (Å²) in [5.41, 5.74) is 0.915. The molecule has 2 rings (SSSR count). The number of carbonyl (C=O) groups is 2. The van der Waals surface area contributed by atoms with Gasteiger partial charge in [-0.3, -0.25) is 9.59 Å². The van der Waals surface area contributed by atoms with E-state index in [-0.39, 0.29) is 11.9 Å². The lowest BCUT2D eigenvalue weighted by molar-refractivity contribution is -0.140. The number of carboxylic acid groups (broad SMARTS) is 1. The third-order valence-electron chi connectivity index (χ3n) is 3.68. The summed E-state index contributed by atoms with van der Waals surface area (Å²) in [5, 5.41) is 11.8. The molecule has 5 heteroatoms. The zero-order chi connectivity index (χ0) is 14.7. The molecule has 1 aromatic rings. The normalized spacial score (nSPS) is 21.9. The Morgan fingerprint density at radius 3 is 2.65 bits per heavy atom. The molecule has 0 aliphatic heterocycles. The molecule has 108 valence electrons. The summed E-state index contributed by atoms with van der Waals surface area (Å²) in [5.74, 6) is -1.27. The fraction of sp³-hybridized carbons (Fsp3) is 0.467. The second-order valence-electron chi connectivity index (χ2n) is 5.00. The molecular formula is C15H19NO4. The molecular weight excluding hydrogens is 258 g/mol. The minimum Gasteiger partial charge on any atom is -0.496 e. The van der Waals surface area contributed by atoms with E-state index >= 15 is 0 Å². The molecule has 1 aromatic carbocycles. The average Bonchev–Trinajstić information content (AvgIpc) is 3.25. The number of carboxylic acids is 1. The van der Waals surface area contributed by atoms with Crippen LogP contribution in [0.5, 0.6) is 5.75 Å². The van der Waals surface area contributed by atoms with Gasteiger partial charge in [-0.2, -0.15) is 0 Å². The van der Waals surface area contributed by atoms with E-state index in [1.165, 1.54) is 0 Å². The summed E-state index contributed by atoms with van der Waals surface area (Å²) in [4.78, 5) is 22.8. The van der Waals surface area contributed by atoms with Gasteiger partial charge in [-0.15, -0.1) is 0 Å². The minimum absolute atomic E-state index is 0.159. The summed E-state index contributed by atoms with van der Waals surface area (Å²) in [6.07, 6.45) is 1.15. The molecule has 0 aromatic heterocycles. The van der Waals surface area contributed by atoms with Crippen LogP contribution in [0.1, 0.15) is 31.4 Å². The number of para-hydroxylation sites is 1. The van der Waals surface area contributed by atoms with Gasteiger partial charge in [0.15, 0.2) is 0 Å². The third-order valence-corrected chi connectivity index (χ3v) is 3.68. The maximum absolute atomic E-state index is 12.0. The van der Waals surface area contributed by atoms with Crippen LogP contribution < -0.4 is 10.1 Å². The van der Waals surface area contributed by atoms with Crippen molar-refractivity contribution in [3.05, 3.63) is 29.8 Å². The van der Waals surface area contributed by atoms with E-state index in [2.05, 4.69) is 5.32 Å². The van der Waals surface area contributed by atoms with Gasteiger partial charge in [-0.1, -0.05) is 25.1 Å². The van der Waals surface area contributed by atoms with Gasteiger partial charge >= 0.3 is 5.97 Å². The maximum atomic E-state index is 12.0. The van der Waals surface area contributed by atoms with Crippen molar-refractivity contribution in [1.29, 1.82) is 0 Å². The van der Waals surface area contributed by atoms with Crippen LogP contribution in [0, 0.1) is 11.8 Å². The highest BCUT2D eigenvalue weighted by molar-refractivity contribution is 5.89. The highest BCUT2D eigenvalue weighted by Gasteiger charge is 2.48. The quantitative estimate of drug-likeness (QED) is 0.833. The van der Waals surface area contributed by atoms with Crippen LogP contribution in [0.15, 0.2) is 24.3 Å². The number of hydrogen-bond donors (Lipinski definition) is 2. The Morgan fingerprint density at radius 2 is 2.10 bits per heavy atom. The predicted octanol–water partition coefficient (Wildman–Crippen LogP) is 1.98. The Hall–Kier alpha value is -2.04. The van der Waals surface area contributed by atoms with Gasteiger partial charge in [-0.05, 0) is 18.9 Å². The van der Waals surface area contributed by atoms with E-state index in [4.69, 9.17) is 9.84 Å². The molecule has 1 unspecified atom stereocenters. The highest BCUT2D eigenvalue weighted by atomic mass is 16.5. The summed E-state index contributed by atoms with van der Waals surface area (Å²) in [6.45, 7) is 1.97. The van der Waals surface area contributed by atoms with Gasteiger partial charge < -0.3 is 15.2 Å². The Bertz CT molecular complexity index is 514. The number of ether oxygens (including phenoxy) is 1. The molecule has 1 amide bonds. The largest absolute Gasteiger partial charge is 0.496 e. The fourth-order valence-corrected chi connectivity index (χ4v) is 2.39. The number of aliphatic carboxylic acids is 1. The summed E-state index contributed by atoms with van der Waals surface area (Å²) < 4.78 is 5.30. The van der Waals surface area contributed by atoms with Crippen LogP contribution in [0.3, 0.4) is 0 Å². The van der Waals surface area contributed by atoms with Crippen molar-refractivity contribution < 1.29 is 19.4 Å². The van der Waals surface area contributed by atoms with Gasteiger partial charge in [0.2, 0.25) is 5.91 Å². The monoisotopic (exact) mass is 277 g/mol. The predicted molar refractivity (Wildman–Crippen MR) is 73.4 cm³/mol. The number of hydrogen-bond acceptors (Lipinski definition) is 3. The van der Waals surface area contributed by atoms with Gasteiger partial charge in [0.05, 0.1) is 25.0 Å². The highest BCUT2D eigenvalue weighted by Crippen LogP contribution is 2.39. The van der Waals surface area contributed by atoms with E-state index in [1.54, 1.807) is 7.11 Å². The number of nitrogens with one attached hydrogen (secondary N) is 1. The second-order valence-corrected chi connectivity index (χ2v) is 5.00. The lowest BCUT2D eigenvalue weighted by Crippen LogP contribution is -2.30. The van der Waals surface area contributed by atoms with Crippen LogP contribution >= 0.6 is 0 Å². The Labute approximate surface area is 117 Å². The standard InChI is InChI=1S/C15H19NO4/c1-3-12(9-6-4-5-7-13(9)20-2)16-14(17)10-8-11(10)15(18)19/h4-7,10-12H,3,8H2,1-2H3,(H,16,17)(H,18,19)/t10-,11+,12?/m1/s1. The van der Waals surface area contributed by atoms with Crippen LogP contribution in [0.4, 0.5) is 0 Å². The first-order valence-electron chi connectivity index (χ1n) is 6.74. The molecule has 0 spiro atoms. The summed E-state index contributed by atoms with van der Waals surface area (Å²) in [7, 11) is 1.59. The molecule has 1 fully saturated rings. The van der Waals surface area contributed by atoms with Crippen LogP contribution in [0.2, 0.25) is 0 Å². The number of benzene rings is 1. The first-order valence-corrected chi connectivity index (χ1v) is 6.74. The Balaban J connectivity index is 2.06. The number of rotatable bonds is 6. The van der Waals surface area contributed by atoms with Crippen molar-refractivity contribution in [3.8, 4) is 5.75 Å². The van der Waals surface area contributed by atoms with Gasteiger partial charge in [-0.25, -0.2) is 0 Å². The zero-order valence-electron chi connectivity index (χ0n) is 11.6. The van der Waals surface area contributed by atoms with Gasteiger partial charge in [0.25, 0.3) is 0 Å². The first kappa shape index (κ1) is 14.4. The maximum Gasteiger partial charge on any atom is 0.307 e. The van der Waals surface area contributed by atoms with Crippen molar-refractivity contribution in [2.75, 3.05) is 7.11 Å². The van der Waals surface area contributed by atoms with Crippen LogP contribution in [-0.2, 0) is 9.59 Å². The minimum atomic E-state index is -0.893. The van der Waals surface area contributed by atoms with Gasteiger partial charge in [0, 0.05) is 5.56 Å². The molecule has 1 aliphatic carbocycles. The smallest absolute Gasteiger partial charge is 0.307 e. The second kappa shape index (κ2) is 5.94. The molecule has 0 saturated heterocycles. The van der Waals surface area contributed by atoms with Crippen molar-refractivity contribution in [2.24, 2.45) is 11.8 Å². The molecule has 5 nitrogen and oxygen atoms in total. The number of amides is 1. The summed E-state index contributed by atoms with van der Waals surface area (Å²) in [6, 6.07) is 7.37. The molecule has 20 heavy (non-hydrogen) atoms. The SMILES string of the molecule is CCC(NC(=O)[C@@H]1C[C@@H]1C(=O)O)c1ccccc1OC. The lowest BCUT2D eigenvalue weighted by Gasteiger charge is -2.20. The lowest BCUT2D eigenvalue weighted by atomic mass is 10.0. The van der Waals surface area contributed by atoms with Crippen molar-refractivity contribution in [2.45, 2.75) is 25.8 Å². The van der Waals surface area contributed by atoms with E-state index in [0.717, 1.165) is 17.7 Å². The van der Waals surface area contributed by atoms with E-state index < -0.39 is 17.8 Å². The molecule has 0 bridgehead atoms. The summed E-state index contributed by atoms with van der Waals surface area (Å²) >= 11 is 0. The molecule has 2 N–H and O–H groups in total. The Kier molecular flexibility index (Phi) is 4.27. The van der Waals surface area contributed by atoms with Crippen molar-refractivity contribution >= 4 is 11.9 Å². The fourth-order valence-electron chi connectivity index (χ4n) is 2.39. The topological polar surface area (TPSA) is 75.6 Å². The molecule has 1 saturated carbocycles. The number of carbonyl (C=O) groups excluding carboxylic acids is 1. The molecule has 3 atom stereocenters. The van der Waals surface area contributed by atoms with Crippen molar-refractivity contribution in [1.82, 2.24) is 5.32 Å². The number of methoxy groups -OCH3 is 1. The Morgan fingerprint density at radius 1 is 1.40 bits per heavy atom. The van der Waals surface area contributed by atoms with Crippen molar-refractivity contribution in [3.63, 3.8) is 0 Å². The van der Waals surface area contributed by atoms with Crippen LogP contribution in [-0.4, -0.2) is 24.1 Å². The van der Waals surface area contributed by atoms with Crippen LogP contribution in [0.25, 0.3) is 0 Å². The van der Waals surface area contributed by atoms with E-state index in [9.17, 15) is 9.59 Å². The van der Waals surface area contributed by atoms with Gasteiger partial charge in [0.1, 0.15) is 5.75 Å². The molecule has 1 aliphatic rings. The molecule has 0 heterocycles. The zero-order valence-corrected chi connectivity index (χ0v) is 11.6. The van der Waals surface area contributed by atoms with E-state index in [0.29, 0.717) is 6.42 Å².